The summed E-state index contributed by atoms with van der Waals surface area (Å²) in [5, 5.41) is 3.39. The Bertz CT molecular complexity index is 556. The minimum absolute atomic E-state index is 0.722. The van der Waals surface area contributed by atoms with Gasteiger partial charge in [0, 0.05) is 32.7 Å². The van der Waals surface area contributed by atoms with E-state index in [9.17, 15) is 0 Å². The van der Waals surface area contributed by atoms with Crippen LogP contribution in [-0.2, 0) is 13.1 Å². The van der Waals surface area contributed by atoms with Crippen LogP contribution in [0.3, 0.4) is 0 Å². The van der Waals surface area contributed by atoms with Crippen LogP contribution in [0.4, 0.5) is 0 Å². The third-order valence-electron chi connectivity index (χ3n) is 3.89. The standard InChI is InChI=1S/C15H23N5/c16-6-3-9-20-14-5-2-1-4-13(14)18-15(20)12-19-10-7-17-8-11-19/h1-2,4-5,17H,3,6-12,16H2. The highest BCUT2D eigenvalue weighted by atomic mass is 15.2. The predicted octanol–water partition coefficient (Wildman–Crippen LogP) is 0.790. The topological polar surface area (TPSA) is 59.1 Å². The second kappa shape index (κ2) is 6.35. The molecule has 3 N–H and O–H groups in total. The summed E-state index contributed by atoms with van der Waals surface area (Å²) < 4.78 is 2.34. The maximum absolute atomic E-state index is 5.67. The van der Waals surface area contributed by atoms with Crippen molar-refractivity contribution in [3.05, 3.63) is 30.1 Å². The van der Waals surface area contributed by atoms with E-state index in [1.807, 2.05) is 0 Å². The van der Waals surface area contributed by atoms with Gasteiger partial charge in [-0.3, -0.25) is 4.90 Å². The maximum Gasteiger partial charge on any atom is 0.124 e. The fourth-order valence-electron chi connectivity index (χ4n) is 2.81. The number of hydrogen-bond acceptors (Lipinski definition) is 4. The molecule has 0 bridgehead atoms. The van der Waals surface area contributed by atoms with E-state index in [1.165, 1.54) is 11.3 Å². The number of imidazole rings is 1. The van der Waals surface area contributed by atoms with Crippen LogP contribution < -0.4 is 11.1 Å². The van der Waals surface area contributed by atoms with Crippen LogP contribution in [0.1, 0.15) is 12.2 Å². The molecule has 5 heteroatoms. The number of hydrogen-bond donors (Lipinski definition) is 2. The van der Waals surface area contributed by atoms with Crippen LogP contribution in [0.2, 0.25) is 0 Å². The Morgan fingerprint density at radius 2 is 2.00 bits per heavy atom. The van der Waals surface area contributed by atoms with Crippen molar-refractivity contribution in [1.29, 1.82) is 0 Å². The molecule has 0 aliphatic carbocycles. The summed E-state index contributed by atoms with van der Waals surface area (Å²) in [6.07, 6.45) is 0.995. The number of nitrogens with one attached hydrogen (secondary N) is 1. The Morgan fingerprint density at radius 1 is 1.20 bits per heavy atom. The van der Waals surface area contributed by atoms with E-state index in [1.54, 1.807) is 0 Å². The van der Waals surface area contributed by atoms with Crippen LogP contribution in [-0.4, -0.2) is 47.2 Å². The SMILES string of the molecule is NCCCn1c(CN2CCNCC2)nc2ccccc21. The summed E-state index contributed by atoms with van der Waals surface area (Å²) in [6.45, 7) is 6.95. The zero-order chi connectivity index (χ0) is 13.8. The molecular formula is C15H23N5. The quantitative estimate of drug-likeness (QED) is 0.845. The molecule has 5 nitrogen and oxygen atoms in total. The Balaban J connectivity index is 1.87. The molecule has 3 rings (SSSR count). The van der Waals surface area contributed by atoms with Crippen molar-refractivity contribution in [2.75, 3.05) is 32.7 Å². The third kappa shape index (κ3) is 2.85. The van der Waals surface area contributed by atoms with Crippen LogP contribution >= 0.6 is 0 Å². The average Bonchev–Trinajstić information content (AvgIpc) is 2.83. The molecule has 0 radical (unpaired) electrons. The molecule has 1 aliphatic heterocycles. The van der Waals surface area contributed by atoms with Crippen molar-refractivity contribution < 1.29 is 0 Å². The molecule has 1 aromatic heterocycles. The van der Waals surface area contributed by atoms with Gasteiger partial charge in [-0.15, -0.1) is 0 Å². The number of benzene rings is 1. The number of aryl methyl sites for hydroxylation is 1. The summed E-state index contributed by atoms with van der Waals surface area (Å²) in [4.78, 5) is 7.29. The largest absolute Gasteiger partial charge is 0.330 e. The molecular weight excluding hydrogens is 250 g/mol. The summed E-state index contributed by atoms with van der Waals surface area (Å²) in [5.74, 6) is 1.17. The number of aromatic nitrogens is 2. The molecule has 108 valence electrons. The van der Waals surface area contributed by atoms with E-state index in [-0.39, 0.29) is 0 Å². The van der Waals surface area contributed by atoms with E-state index in [4.69, 9.17) is 10.7 Å². The van der Waals surface area contributed by atoms with Crippen LogP contribution in [0, 0.1) is 0 Å². The van der Waals surface area contributed by atoms with Crippen molar-refractivity contribution in [2.24, 2.45) is 5.73 Å². The average molecular weight is 273 g/mol. The fourth-order valence-corrected chi connectivity index (χ4v) is 2.81. The Labute approximate surface area is 119 Å². The second-order valence-corrected chi connectivity index (χ2v) is 5.34. The Kier molecular flexibility index (Phi) is 4.30. The second-order valence-electron chi connectivity index (χ2n) is 5.34. The number of para-hydroxylation sites is 2. The minimum Gasteiger partial charge on any atom is -0.330 e. The van der Waals surface area contributed by atoms with Gasteiger partial charge in [0.25, 0.3) is 0 Å². The van der Waals surface area contributed by atoms with Crippen molar-refractivity contribution in [3.8, 4) is 0 Å². The number of piperazine rings is 1. The predicted molar refractivity (Wildman–Crippen MR) is 81.6 cm³/mol. The first-order valence-electron chi connectivity index (χ1n) is 7.46. The van der Waals surface area contributed by atoms with Gasteiger partial charge in [-0.1, -0.05) is 12.1 Å². The molecule has 1 fully saturated rings. The number of fused-ring (bicyclic) bond motifs is 1. The van der Waals surface area contributed by atoms with Gasteiger partial charge in [0.1, 0.15) is 5.82 Å². The molecule has 20 heavy (non-hydrogen) atoms. The van der Waals surface area contributed by atoms with E-state index < -0.39 is 0 Å². The zero-order valence-corrected chi connectivity index (χ0v) is 11.9. The van der Waals surface area contributed by atoms with Crippen molar-refractivity contribution in [2.45, 2.75) is 19.5 Å². The van der Waals surface area contributed by atoms with E-state index in [2.05, 4.69) is 39.0 Å². The lowest BCUT2D eigenvalue weighted by Crippen LogP contribution is -2.43. The smallest absolute Gasteiger partial charge is 0.124 e. The van der Waals surface area contributed by atoms with Gasteiger partial charge in [-0.2, -0.15) is 0 Å². The zero-order valence-electron chi connectivity index (χ0n) is 11.9. The highest BCUT2D eigenvalue weighted by molar-refractivity contribution is 5.75. The summed E-state index contributed by atoms with van der Waals surface area (Å²) in [6, 6.07) is 8.38. The first-order valence-corrected chi connectivity index (χ1v) is 7.46. The highest BCUT2D eigenvalue weighted by Crippen LogP contribution is 2.18. The van der Waals surface area contributed by atoms with Crippen LogP contribution in [0.5, 0.6) is 0 Å². The van der Waals surface area contributed by atoms with Crippen molar-refractivity contribution in [1.82, 2.24) is 19.8 Å². The molecule has 2 aromatic rings. The van der Waals surface area contributed by atoms with E-state index >= 15 is 0 Å². The van der Waals surface area contributed by atoms with Gasteiger partial charge >= 0.3 is 0 Å². The van der Waals surface area contributed by atoms with E-state index in [0.29, 0.717) is 0 Å². The lowest BCUT2D eigenvalue weighted by atomic mass is 10.3. The Morgan fingerprint density at radius 3 is 2.80 bits per heavy atom. The van der Waals surface area contributed by atoms with Gasteiger partial charge in [-0.25, -0.2) is 4.98 Å². The highest BCUT2D eigenvalue weighted by Gasteiger charge is 2.15. The van der Waals surface area contributed by atoms with Crippen LogP contribution in [0.15, 0.2) is 24.3 Å². The van der Waals surface area contributed by atoms with Gasteiger partial charge in [-0.05, 0) is 25.1 Å². The number of rotatable bonds is 5. The summed E-state index contributed by atoms with van der Waals surface area (Å²) in [7, 11) is 0. The Hall–Kier alpha value is -1.43. The summed E-state index contributed by atoms with van der Waals surface area (Å²) in [5.41, 5.74) is 7.99. The van der Waals surface area contributed by atoms with Gasteiger partial charge in [0.05, 0.1) is 17.6 Å². The molecule has 0 atom stereocenters. The summed E-state index contributed by atoms with van der Waals surface area (Å²) >= 11 is 0. The monoisotopic (exact) mass is 273 g/mol. The molecule has 2 heterocycles. The van der Waals surface area contributed by atoms with Crippen molar-refractivity contribution >= 4 is 11.0 Å². The molecule has 0 saturated carbocycles. The molecule has 0 spiro atoms. The lowest BCUT2D eigenvalue weighted by molar-refractivity contribution is 0.225. The molecule has 1 saturated heterocycles. The van der Waals surface area contributed by atoms with E-state index in [0.717, 1.165) is 57.8 Å². The maximum atomic E-state index is 5.67. The third-order valence-corrected chi connectivity index (χ3v) is 3.89. The first-order chi connectivity index (χ1) is 9.88. The fraction of sp³-hybridized carbons (Fsp3) is 0.533. The lowest BCUT2D eigenvalue weighted by Gasteiger charge is -2.27. The van der Waals surface area contributed by atoms with Gasteiger partial charge < -0.3 is 15.6 Å². The van der Waals surface area contributed by atoms with Crippen molar-refractivity contribution in [3.63, 3.8) is 0 Å². The van der Waals surface area contributed by atoms with Crippen LogP contribution in [0.25, 0.3) is 11.0 Å². The number of nitrogens with zero attached hydrogens (tertiary/aromatic N) is 3. The van der Waals surface area contributed by atoms with Gasteiger partial charge in [0.15, 0.2) is 0 Å². The molecule has 0 unspecified atom stereocenters. The number of nitrogens with two attached hydrogens (primary N) is 1. The molecule has 1 aromatic carbocycles. The first kappa shape index (κ1) is 13.5. The minimum atomic E-state index is 0.722. The molecule has 1 aliphatic rings. The van der Waals surface area contributed by atoms with Gasteiger partial charge in [0.2, 0.25) is 0 Å². The molecule has 0 amide bonds. The normalized spacial score (nSPS) is 16.9.